The smallest absolute Gasteiger partial charge is 0.277 e. The molecule has 7 nitrogen and oxygen atoms in total. The molecular weight excluding hydrogens is 360 g/mol. The maximum atomic E-state index is 11.8. The molecule has 140 valence electrons. The SMILES string of the molecule is CCCC1(C2=Cc3cccc([N+](=O)[O-])c32)C=C(C=O)c2cccc([N+](=O)[O-])c21. The molecule has 0 spiro atoms. The van der Waals surface area contributed by atoms with Crippen LogP contribution in [0.15, 0.2) is 42.5 Å². The van der Waals surface area contributed by atoms with E-state index in [9.17, 15) is 25.0 Å². The van der Waals surface area contributed by atoms with E-state index < -0.39 is 15.3 Å². The molecule has 0 radical (unpaired) electrons. The molecule has 1 atom stereocenters. The third-order valence-electron chi connectivity index (χ3n) is 5.49. The third kappa shape index (κ3) is 2.26. The van der Waals surface area contributed by atoms with Gasteiger partial charge in [0, 0.05) is 23.1 Å². The number of nitrogens with zero attached hydrogens (tertiary/aromatic N) is 2. The van der Waals surface area contributed by atoms with Crippen molar-refractivity contribution in [2.45, 2.75) is 25.2 Å². The van der Waals surface area contributed by atoms with E-state index in [2.05, 4.69) is 0 Å². The summed E-state index contributed by atoms with van der Waals surface area (Å²) in [5.41, 5.74) is 2.17. The van der Waals surface area contributed by atoms with Crippen LogP contribution in [0.5, 0.6) is 0 Å². The van der Waals surface area contributed by atoms with Crippen molar-refractivity contribution < 1.29 is 14.6 Å². The van der Waals surface area contributed by atoms with E-state index in [0.717, 1.165) is 5.56 Å². The highest BCUT2D eigenvalue weighted by Crippen LogP contribution is 2.58. The van der Waals surface area contributed by atoms with Crippen molar-refractivity contribution in [2.24, 2.45) is 0 Å². The average molecular weight is 376 g/mol. The molecule has 0 saturated carbocycles. The second-order valence-corrected chi connectivity index (χ2v) is 6.95. The topological polar surface area (TPSA) is 103 Å². The van der Waals surface area contributed by atoms with Gasteiger partial charge in [0.25, 0.3) is 11.4 Å². The Morgan fingerprint density at radius 1 is 1.04 bits per heavy atom. The lowest BCUT2D eigenvalue weighted by molar-refractivity contribution is -0.386. The Kier molecular flexibility index (Phi) is 3.96. The van der Waals surface area contributed by atoms with E-state index in [-0.39, 0.29) is 11.4 Å². The van der Waals surface area contributed by atoms with Gasteiger partial charge in [-0.3, -0.25) is 25.0 Å². The number of benzene rings is 2. The molecule has 2 aliphatic rings. The number of hydrogen-bond donors (Lipinski definition) is 0. The van der Waals surface area contributed by atoms with Gasteiger partial charge in [0.05, 0.1) is 21.0 Å². The van der Waals surface area contributed by atoms with Crippen molar-refractivity contribution in [3.63, 3.8) is 0 Å². The molecule has 1 unspecified atom stereocenters. The molecule has 2 aromatic rings. The number of carbonyl (C=O) groups excluding carboxylic acids is 1. The van der Waals surface area contributed by atoms with Gasteiger partial charge in [-0.05, 0) is 29.2 Å². The van der Waals surface area contributed by atoms with E-state index in [0.29, 0.717) is 47.0 Å². The Bertz CT molecular complexity index is 1120. The number of hydrogen-bond acceptors (Lipinski definition) is 5. The molecule has 0 bridgehead atoms. The number of aldehydes is 1. The minimum atomic E-state index is -0.941. The van der Waals surface area contributed by atoms with E-state index in [1.165, 1.54) is 12.1 Å². The van der Waals surface area contributed by atoms with Crippen LogP contribution < -0.4 is 0 Å². The average Bonchev–Trinajstić information content (AvgIpc) is 2.97. The molecule has 2 aliphatic carbocycles. The highest BCUT2D eigenvalue weighted by atomic mass is 16.6. The van der Waals surface area contributed by atoms with Gasteiger partial charge in [-0.15, -0.1) is 0 Å². The number of carbonyl (C=O) groups is 1. The van der Waals surface area contributed by atoms with Gasteiger partial charge < -0.3 is 0 Å². The van der Waals surface area contributed by atoms with E-state index in [1.54, 1.807) is 30.3 Å². The predicted molar refractivity (Wildman–Crippen MR) is 105 cm³/mol. The number of nitro groups is 2. The Morgan fingerprint density at radius 2 is 1.71 bits per heavy atom. The van der Waals surface area contributed by atoms with E-state index >= 15 is 0 Å². The highest BCUT2D eigenvalue weighted by molar-refractivity contribution is 6.15. The second-order valence-electron chi connectivity index (χ2n) is 6.95. The molecular formula is C21H16N2O5. The lowest BCUT2D eigenvalue weighted by atomic mass is 9.64. The first-order chi connectivity index (χ1) is 13.4. The molecule has 0 amide bonds. The van der Waals surface area contributed by atoms with Crippen LogP contribution in [0, 0.1) is 20.2 Å². The van der Waals surface area contributed by atoms with Crippen LogP contribution in [-0.2, 0) is 10.2 Å². The summed E-state index contributed by atoms with van der Waals surface area (Å²) >= 11 is 0. The fraction of sp³-hybridized carbons (Fsp3) is 0.190. The number of nitro benzene ring substituents is 2. The third-order valence-corrected chi connectivity index (χ3v) is 5.49. The molecule has 0 N–H and O–H groups in total. The van der Waals surface area contributed by atoms with Gasteiger partial charge in [-0.25, -0.2) is 0 Å². The first-order valence-corrected chi connectivity index (χ1v) is 8.91. The van der Waals surface area contributed by atoms with Crippen molar-refractivity contribution in [3.8, 4) is 0 Å². The molecule has 0 saturated heterocycles. The Balaban J connectivity index is 2.03. The maximum Gasteiger partial charge on any atom is 0.277 e. The Hall–Kier alpha value is -3.61. The number of allylic oxidation sites excluding steroid dienone is 3. The number of fused-ring (bicyclic) bond motifs is 2. The number of rotatable bonds is 6. The van der Waals surface area contributed by atoms with E-state index in [1.807, 2.05) is 13.0 Å². The molecule has 2 aromatic carbocycles. The van der Waals surface area contributed by atoms with Crippen LogP contribution in [0.2, 0.25) is 0 Å². The Labute approximate surface area is 160 Å². The summed E-state index contributed by atoms with van der Waals surface area (Å²) in [6, 6.07) is 9.51. The van der Waals surface area contributed by atoms with Gasteiger partial charge in [0.15, 0.2) is 0 Å². The van der Waals surface area contributed by atoms with Crippen LogP contribution in [-0.4, -0.2) is 16.1 Å². The molecule has 0 fully saturated rings. The normalized spacial score (nSPS) is 19.0. The maximum absolute atomic E-state index is 11.8. The van der Waals surface area contributed by atoms with E-state index in [4.69, 9.17) is 0 Å². The van der Waals surface area contributed by atoms with Gasteiger partial charge in [0.2, 0.25) is 0 Å². The summed E-state index contributed by atoms with van der Waals surface area (Å²) < 4.78 is 0. The van der Waals surface area contributed by atoms with Crippen LogP contribution in [0.4, 0.5) is 11.4 Å². The van der Waals surface area contributed by atoms with Crippen LogP contribution in [0.3, 0.4) is 0 Å². The van der Waals surface area contributed by atoms with Crippen molar-refractivity contribution in [2.75, 3.05) is 0 Å². The summed E-state index contributed by atoms with van der Waals surface area (Å²) in [4.78, 5) is 34.2. The molecule has 0 aromatic heterocycles. The van der Waals surface area contributed by atoms with Crippen molar-refractivity contribution in [1.29, 1.82) is 0 Å². The summed E-state index contributed by atoms with van der Waals surface area (Å²) in [5, 5.41) is 23.3. The van der Waals surface area contributed by atoms with Crippen LogP contribution in [0.1, 0.15) is 42.0 Å². The van der Waals surface area contributed by atoms with Crippen molar-refractivity contribution in [3.05, 3.63) is 85.0 Å². The fourth-order valence-electron chi connectivity index (χ4n) is 4.48. The molecule has 7 heteroatoms. The monoisotopic (exact) mass is 376 g/mol. The van der Waals surface area contributed by atoms with Crippen molar-refractivity contribution in [1.82, 2.24) is 0 Å². The first kappa shape index (κ1) is 17.8. The van der Waals surface area contributed by atoms with Gasteiger partial charge in [0.1, 0.15) is 6.29 Å². The summed E-state index contributed by atoms with van der Waals surface area (Å²) in [7, 11) is 0. The summed E-state index contributed by atoms with van der Waals surface area (Å²) in [6.45, 7) is 1.95. The van der Waals surface area contributed by atoms with Crippen LogP contribution >= 0.6 is 0 Å². The zero-order valence-corrected chi connectivity index (χ0v) is 15.0. The largest absolute Gasteiger partial charge is 0.298 e. The summed E-state index contributed by atoms with van der Waals surface area (Å²) in [6.07, 6.45) is 5.45. The zero-order chi connectivity index (χ0) is 20.1. The lowest BCUT2D eigenvalue weighted by Gasteiger charge is -2.36. The minimum absolute atomic E-state index is 0.0291. The first-order valence-electron chi connectivity index (χ1n) is 8.91. The Morgan fingerprint density at radius 3 is 2.36 bits per heavy atom. The standard InChI is InChI=1S/C21H16N2O5/c1-2-9-21(16-10-13-5-3-7-17(19(13)16)22(25)26)11-14(12-24)15-6-4-8-18(20(15)21)23(27)28/h3-8,10-12H,2,9H2,1H3. The molecule has 4 rings (SSSR count). The van der Waals surface area contributed by atoms with Gasteiger partial charge in [-0.2, -0.15) is 0 Å². The zero-order valence-electron chi connectivity index (χ0n) is 15.0. The lowest BCUT2D eigenvalue weighted by Crippen LogP contribution is -2.28. The summed E-state index contributed by atoms with van der Waals surface area (Å²) in [5.74, 6) is 0. The van der Waals surface area contributed by atoms with Crippen LogP contribution in [0.25, 0.3) is 17.2 Å². The van der Waals surface area contributed by atoms with Gasteiger partial charge in [-0.1, -0.05) is 43.7 Å². The second kappa shape index (κ2) is 6.23. The molecule has 28 heavy (non-hydrogen) atoms. The highest BCUT2D eigenvalue weighted by Gasteiger charge is 2.49. The van der Waals surface area contributed by atoms with Gasteiger partial charge >= 0.3 is 0 Å². The van der Waals surface area contributed by atoms with Crippen molar-refractivity contribution >= 4 is 34.9 Å². The predicted octanol–water partition coefficient (Wildman–Crippen LogP) is 4.69. The molecule has 0 aliphatic heterocycles. The fourth-order valence-corrected chi connectivity index (χ4v) is 4.48. The quantitative estimate of drug-likeness (QED) is 0.413. The molecule has 0 heterocycles. The minimum Gasteiger partial charge on any atom is -0.298 e.